The van der Waals surface area contributed by atoms with Crippen molar-refractivity contribution in [3.63, 3.8) is 0 Å². The zero-order valence-electron chi connectivity index (χ0n) is 40.2. The minimum Gasteiger partial charge on any atom is -0.395 e. The predicted octanol–water partition coefficient (Wildman–Crippen LogP) is 0.318. The molecule has 2 aromatic carbocycles. The van der Waals surface area contributed by atoms with Crippen LogP contribution in [0.15, 0.2) is 85.5 Å². The molecule has 0 bridgehead atoms. The van der Waals surface area contributed by atoms with Crippen LogP contribution in [0.25, 0.3) is 0 Å². The average molecular weight is 987 g/mol. The van der Waals surface area contributed by atoms with Crippen molar-refractivity contribution in [2.45, 2.75) is 52.8 Å². The molecule has 376 valence electrons. The number of amides is 6. The number of aromatic nitrogens is 2. The second-order valence-electron chi connectivity index (χ2n) is 16.8. The molecule has 0 saturated carbocycles. The quantitative estimate of drug-likeness (QED) is 0.0186. The van der Waals surface area contributed by atoms with Crippen LogP contribution in [0, 0.1) is 13.8 Å². The Morgan fingerprint density at radius 1 is 0.757 bits per heavy atom. The number of aliphatic hydroxyl groups is 1. The van der Waals surface area contributed by atoms with Crippen molar-refractivity contribution in [3.8, 4) is 0 Å². The number of anilines is 3. The highest BCUT2D eigenvalue weighted by Gasteiger charge is 2.38. The first-order chi connectivity index (χ1) is 33.7. The summed E-state index contributed by atoms with van der Waals surface area (Å²) in [5.41, 5.74) is 18.0. The molecule has 0 aliphatic carbocycles. The van der Waals surface area contributed by atoms with Gasteiger partial charge in [0, 0.05) is 93.6 Å². The number of nitrogens with one attached hydrogen (secondary N) is 9. The summed E-state index contributed by atoms with van der Waals surface area (Å²) in [6, 6.07) is 18.2. The van der Waals surface area contributed by atoms with E-state index in [1.54, 1.807) is 79.8 Å². The summed E-state index contributed by atoms with van der Waals surface area (Å²) in [5, 5.41) is 19.6. The second-order valence-corrected chi connectivity index (χ2v) is 18.1. The number of morpholine rings is 1. The first kappa shape index (κ1) is 54.3. The first-order valence-corrected chi connectivity index (χ1v) is 24.2. The van der Waals surface area contributed by atoms with E-state index in [1.807, 2.05) is 49.6 Å². The molecule has 10 N–H and O–H groups in total. The number of aryl methyl sites for hydroxylation is 2. The Bertz CT molecular complexity index is 2420. The van der Waals surface area contributed by atoms with Gasteiger partial charge in [-0.1, -0.05) is 6.07 Å². The second kappa shape index (κ2) is 28.1. The van der Waals surface area contributed by atoms with Crippen molar-refractivity contribution >= 4 is 64.3 Å². The van der Waals surface area contributed by atoms with E-state index >= 15 is 0 Å². The molecule has 1 fully saturated rings. The van der Waals surface area contributed by atoms with Crippen LogP contribution in [0.5, 0.6) is 0 Å². The van der Waals surface area contributed by atoms with E-state index in [0.29, 0.717) is 66.7 Å². The fourth-order valence-electron chi connectivity index (χ4n) is 6.96. The number of aliphatic hydroxyl groups excluding tert-OH is 1. The van der Waals surface area contributed by atoms with Crippen LogP contribution < -0.4 is 57.6 Å². The third-order valence-electron chi connectivity index (χ3n) is 11.0. The highest BCUT2D eigenvalue weighted by Crippen LogP contribution is 2.21. The van der Waals surface area contributed by atoms with Gasteiger partial charge in [-0.05, 0) is 80.4 Å². The molecule has 0 spiro atoms. The van der Waals surface area contributed by atoms with Crippen LogP contribution >= 0.6 is 11.8 Å². The number of nitrogens with zero attached hydrogens (tertiary/aromatic N) is 3. The number of carbonyl (C=O) groups is 6. The zero-order chi connectivity index (χ0) is 50.3. The average Bonchev–Trinajstić information content (AvgIpc) is 3.36. The Morgan fingerprint density at radius 3 is 2.13 bits per heavy atom. The molecule has 0 unspecified atom stereocenters. The summed E-state index contributed by atoms with van der Waals surface area (Å²) < 4.78 is 9.09. The summed E-state index contributed by atoms with van der Waals surface area (Å²) in [6.07, 6.45) is 8.11. The van der Waals surface area contributed by atoms with Crippen LogP contribution in [-0.4, -0.2) is 123 Å². The van der Waals surface area contributed by atoms with Gasteiger partial charge in [-0.15, -0.1) is 0 Å². The number of pyridine rings is 2. The number of thioether (sulfide) groups is 1. The van der Waals surface area contributed by atoms with Gasteiger partial charge in [0.2, 0.25) is 5.54 Å². The molecule has 3 heterocycles. The molecule has 5 rings (SSSR count). The Balaban J connectivity index is 0.942. The van der Waals surface area contributed by atoms with Crippen LogP contribution in [0.3, 0.4) is 0 Å². The third kappa shape index (κ3) is 17.7. The van der Waals surface area contributed by atoms with Crippen LogP contribution in [-0.2, 0) is 52.2 Å². The van der Waals surface area contributed by atoms with Gasteiger partial charge < -0.3 is 31.1 Å². The van der Waals surface area contributed by atoms with Gasteiger partial charge in [0.15, 0.2) is 31.3 Å². The zero-order valence-corrected chi connectivity index (χ0v) is 41.0. The van der Waals surface area contributed by atoms with E-state index in [4.69, 9.17) is 14.7 Å². The summed E-state index contributed by atoms with van der Waals surface area (Å²) in [6.45, 7) is 13.3. The van der Waals surface area contributed by atoms with Gasteiger partial charge >= 0.3 is 23.6 Å². The number of hydroxylamine groups is 1. The molecule has 1 aliphatic heterocycles. The van der Waals surface area contributed by atoms with Crippen molar-refractivity contribution in [1.29, 1.82) is 0 Å². The lowest BCUT2D eigenvalue weighted by molar-refractivity contribution is -0.741. The third-order valence-corrected chi connectivity index (χ3v) is 12.0. The topological polar surface area (TPSA) is 260 Å². The summed E-state index contributed by atoms with van der Waals surface area (Å²) in [5.74, 6) is -2.39. The van der Waals surface area contributed by atoms with E-state index in [2.05, 4.69) is 57.9 Å². The SMILES string of the molecule is Cc1cc(NC(=O)C(C)(C)[n+]2cccc(C(=O)NCCSCCNOCc3ccc[n+](Cc4ccc(NNC(=O)C(=O)NCCCN5CCOCC5)c(C)c4)c3)c2)ccc1NNC(=O)C(=O)NCCO. The monoisotopic (exact) mass is 986 g/mol. The standard InChI is InChI=1S/C48H64N12O9S/c1-34-28-36(10-12-40(34)54-56-45(65)43(63)49-14-7-19-58-21-24-68-25-22-58)30-59-18-5-8-37(31-59)33-69-52-17-27-70-26-16-51-42(62)38-9-6-20-60(32-38)48(3,4)47(67)53-39-11-13-41(35(2)29-39)55-57-46(66)44(64)50-15-23-61/h5-6,8-13,18,20,28-29,31-32,52,61H,7,14-17,19,21-27,30,33H2,1-4H3,(H6-2,49,50,51,53,54,55,56,57,62,63,64,65,66,67)/p+2. The molecule has 22 heteroatoms. The number of ether oxygens (including phenoxy) is 1. The number of hydrogen-bond acceptors (Lipinski definition) is 14. The lowest BCUT2D eigenvalue weighted by Crippen LogP contribution is -2.59. The van der Waals surface area contributed by atoms with Crippen molar-refractivity contribution in [2.75, 3.05) is 93.3 Å². The maximum atomic E-state index is 13.5. The summed E-state index contributed by atoms with van der Waals surface area (Å²) >= 11 is 1.66. The highest BCUT2D eigenvalue weighted by molar-refractivity contribution is 7.99. The van der Waals surface area contributed by atoms with Gasteiger partial charge in [-0.2, -0.15) is 16.3 Å². The minimum atomic E-state index is -1.08. The Hall–Kier alpha value is -6.69. The van der Waals surface area contributed by atoms with Gasteiger partial charge in [0.1, 0.15) is 5.56 Å². The normalized spacial score (nSPS) is 12.6. The molecule has 1 aliphatic rings. The van der Waals surface area contributed by atoms with E-state index < -0.39 is 29.2 Å². The Morgan fingerprint density at radius 2 is 1.43 bits per heavy atom. The van der Waals surface area contributed by atoms with Crippen LogP contribution in [0.1, 0.15) is 52.9 Å². The van der Waals surface area contributed by atoms with E-state index in [-0.39, 0.29) is 25.0 Å². The number of benzene rings is 2. The number of carbonyl (C=O) groups excluding carboxylic acids is 6. The van der Waals surface area contributed by atoms with Crippen molar-refractivity contribution in [2.24, 2.45) is 0 Å². The molecule has 0 radical (unpaired) electrons. The van der Waals surface area contributed by atoms with Gasteiger partial charge in [-0.25, -0.2) is 10.0 Å². The fourth-order valence-corrected chi connectivity index (χ4v) is 7.64. The van der Waals surface area contributed by atoms with Crippen LogP contribution in [0.2, 0.25) is 0 Å². The summed E-state index contributed by atoms with van der Waals surface area (Å²) in [7, 11) is 0. The molecular formula is C48H66N12O9S+2. The molecule has 6 amide bonds. The number of hydrogen-bond donors (Lipinski definition) is 10. The molecule has 2 aromatic heterocycles. The molecule has 0 atom stereocenters. The largest absolute Gasteiger partial charge is 0.395 e. The smallest absolute Gasteiger partial charge is 0.327 e. The predicted molar refractivity (Wildman–Crippen MR) is 264 cm³/mol. The van der Waals surface area contributed by atoms with E-state index in [1.165, 1.54) is 0 Å². The van der Waals surface area contributed by atoms with Crippen molar-refractivity contribution in [3.05, 3.63) is 113 Å². The molecular weight excluding hydrogens is 921 g/mol. The van der Waals surface area contributed by atoms with Gasteiger partial charge in [0.25, 0.3) is 11.8 Å². The number of rotatable bonds is 25. The minimum absolute atomic E-state index is 0.0444. The van der Waals surface area contributed by atoms with Crippen molar-refractivity contribution in [1.82, 2.24) is 37.2 Å². The molecule has 70 heavy (non-hydrogen) atoms. The van der Waals surface area contributed by atoms with Crippen LogP contribution in [0.4, 0.5) is 17.1 Å². The maximum Gasteiger partial charge on any atom is 0.327 e. The molecule has 4 aromatic rings. The molecule has 21 nitrogen and oxygen atoms in total. The number of hydrazine groups is 2. The Kier molecular flexibility index (Phi) is 21.8. The summed E-state index contributed by atoms with van der Waals surface area (Å²) in [4.78, 5) is 82.8. The fraction of sp³-hybridized carbons (Fsp3) is 0.417. The molecule has 1 saturated heterocycles. The van der Waals surface area contributed by atoms with Crippen molar-refractivity contribution < 1.29 is 52.6 Å². The van der Waals surface area contributed by atoms with E-state index in [9.17, 15) is 28.8 Å². The lowest BCUT2D eigenvalue weighted by atomic mass is 10.0. The lowest BCUT2D eigenvalue weighted by Gasteiger charge is -2.26. The Labute approximate surface area is 412 Å². The maximum absolute atomic E-state index is 13.5. The van der Waals surface area contributed by atoms with E-state index in [0.717, 1.165) is 61.7 Å². The highest BCUT2D eigenvalue weighted by atomic mass is 32.2. The first-order valence-electron chi connectivity index (χ1n) is 23.0. The van der Waals surface area contributed by atoms with Gasteiger partial charge in [-0.3, -0.25) is 60.2 Å². The van der Waals surface area contributed by atoms with Gasteiger partial charge in [0.05, 0.1) is 37.8 Å².